The molecule has 2 fully saturated rings. The molecule has 2 saturated carbocycles. The lowest BCUT2D eigenvalue weighted by Gasteiger charge is -2.48. The number of esters is 3. The Morgan fingerprint density at radius 3 is 1.68 bits per heavy atom. The molecule has 0 radical (unpaired) electrons. The highest BCUT2D eigenvalue weighted by Gasteiger charge is 2.96. The third kappa shape index (κ3) is 5.57. The van der Waals surface area contributed by atoms with Crippen molar-refractivity contribution >= 4 is 17.9 Å². The Morgan fingerprint density at radius 1 is 0.737 bits per heavy atom. The summed E-state index contributed by atoms with van der Waals surface area (Å²) >= 11 is 0. The van der Waals surface area contributed by atoms with Gasteiger partial charge in [0.2, 0.25) is 0 Å². The van der Waals surface area contributed by atoms with E-state index in [1.54, 1.807) is 0 Å². The van der Waals surface area contributed by atoms with Crippen LogP contribution in [-0.4, -0.2) is 79.5 Å². The largest absolute Gasteiger partial charge is 0.463 e. The fourth-order valence-corrected chi connectivity index (χ4v) is 3.73. The van der Waals surface area contributed by atoms with Gasteiger partial charge in [0.1, 0.15) is 12.7 Å². The summed E-state index contributed by atoms with van der Waals surface area (Å²) in [6.45, 7) is 2.24. The highest BCUT2D eigenvalue weighted by Crippen LogP contribution is 2.66. The Balaban J connectivity index is 1.84. The van der Waals surface area contributed by atoms with Gasteiger partial charge in [0.15, 0.2) is 12.5 Å². The summed E-state index contributed by atoms with van der Waals surface area (Å²) < 4.78 is 155. The van der Waals surface area contributed by atoms with E-state index in [1.165, 1.54) is 6.92 Å². The zero-order chi connectivity index (χ0) is 29.3. The Hall–Kier alpha value is -2.59. The highest BCUT2D eigenvalue weighted by molar-refractivity contribution is 5.88. The van der Waals surface area contributed by atoms with Gasteiger partial charge in [-0.3, -0.25) is 4.79 Å². The highest BCUT2D eigenvalue weighted by atomic mass is 19.4. The number of ether oxygens (including phenoxy) is 4. The Morgan fingerprint density at radius 2 is 1.21 bits per heavy atom. The van der Waals surface area contributed by atoms with Crippen LogP contribution in [0.1, 0.15) is 32.6 Å². The molecule has 0 bridgehead atoms. The normalized spacial score (nSPS) is 27.1. The number of alkyl halides is 10. The van der Waals surface area contributed by atoms with Crippen LogP contribution >= 0.6 is 0 Å². The van der Waals surface area contributed by atoms with Gasteiger partial charge in [-0.25, -0.2) is 9.59 Å². The van der Waals surface area contributed by atoms with E-state index >= 15 is 0 Å². The molecule has 0 aliphatic heterocycles. The molecule has 7 nitrogen and oxygen atoms in total. The predicted octanol–water partition coefficient (Wildman–Crippen LogP) is 4.33. The van der Waals surface area contributed by atoms with Crippen LogP contribution in [0.15, 0.2) is 12.2 Å². The van der Waals surface area contributed by atoms with Crippen LogP contribution in [0.4, 0.5) is 43.9 Å². The molecule has 2 rings (SSSR count). The van der Waals surface area contributed by atoms with Gasteiger partial charge in [0.25, 0.3) is 0 Å². The molecule has 0 unspecified atom stereocenters. The molecule has 0 atom stereocenters. The summed E-state index contributed by atoms with van der Waals surface area (Å²) in [5, 5.41) is 0. The predicted molar refractivity (Wildman–Crippen MR) is 103 cm³/mol. The van der Waals surface area contributed by atoms with E-state index in [-0.39, 0.29) is 31.3 Å². The number of hydrogen-bond acceptors (Lipinski definition) is 7. The van der Waals surface area contributed by atoms with Crippen molar-refractivity contribution in [1.82, 2.24) is 0 Å². The van der Waals surface area contributed by atoms with Gasteiger partial charge in [-0.2, -0.15) is 43.9 Å². The van der Waals surface area contributed by atoms with Crippen molar-refractivity contribution < 1.29 is 77.2 Å². The lowest BCUT2D eigenvalue weighted by molar-refractivity contribution is -0.458. The first-order chi connectivity index (χ1) is 17.2. The molecule has 38 heavy (non-hydrogen) atoms. The number of hydrogen-bond donors (Lipinski definition) is 0. The van der Waals surface area contributed by atoms with E-state index in [0.29, 0.717) is 0 Å². The topological polar surface area (TPSA) is 88.1 Å². The van der Waals surface area contributed by atoms with Crippen LogP contribution < -0.4 is 0 Å². The Kier molecular flexibility index (Phi) is 9.06. The van der Waals surface area contributed by atoms with E-state index in [0.717, 1.165) is 0 Å². The lowest BCUT2D eigenvalue weighted by Crippen LogP contribution is -2.78. The molecule has 0 aromatic heterocycles. The zero-order valence-electron chi connectivity index (χ0n) is 19.5. The number of carbonyl (C=O) groups is 3. The fraction of sp³-hybridized carbons (Fsp3) is 0.762. The molecule has 17 heteroatoms. The monoisotopic (exact) mass is 576 g/mol. The van der Waals surface area contributed by atoms with Gasteiger partial charge < -0.3 is 18.9 Å². The van der Waals surface area contributed by atoms with Crippen LogP contribution in [0.25, 0.3) is 0 Å². The third-order valence-electron chi connectivity index (χ3n) is 5.86. The van der Waals surface area contributed by atoms with E-state index in [2.05, 4.69) is 16.1 Å². The molecule has 218 valence electrons. The van der Waals surface area contributed by atoms with Crippen LogP contribution in [0.3, 0.4) is 0 Å². The van der Waals surface area contributed by atoms with Gasteiger partial charge >= 0.3 is 47.5 Å². The van der Waals surface area contributed by atoms with E-state index in [1.807, 2.05) is 0 Å². The molecule has 0 amide bonds. The Bertz CT molecular complexity index is 899. The summed E-state index contributed by atoms with van der Waals surface area (Å²) in [4.78, 5) is 34.6. The van der Waals surface area contributed by atoms with Crippen molar-refractivity contribution in [2.24, 2.45) is 5.92 Å². The second-order valence-corrected chi connectivity index (χ2v) is 8.69. The molecule has 0 heterocycles. The summed E-state index contributed by atoms with van der Waals surface area (Å²) in [7, 11) is 0. The van der Waals surface area contributed by atoms with Crippen molar-refractivity contribution in [1.29, 1.82) is 0 Å². The van der Waals surface area contributed by atoms with Gasteiger partial charge in [-0.15, -0.1) is 0 Å². The molecular formula is C21H22F10O7. The van der Waals surface area contributed by atoms with Crippen LogP contribution in [-0.2, 0) is 33.3 Å². The summed E-state index contributed by atoms with van der Waals surface area (Å²) in [6, 6.07) is 0. The molecule has 2 aliphatic rings. The van der Waals surface area contributed by atoms with E-state index in [4.69, 9.17) is 9.47 Å². The lowest BCUT2D eigenvalue weighted by atomic mass is 9.74. The number of rotatable bonds is 9. The molecule has 2 aliphatic carbocycles. The van der Waals surface area contributed by atoms with Crippen molar-refractivity contribution in [3.8, 4) is 0 Å². The Labute approximate surface area is 208 Å². The fourth-order valence-electron chi connectivity index (χ4n) is 3.73. The smallest absolute Gasteiger partial charge is 0.384 e. The molecule has 0 aromatic carbocycles. The van der Waals surface area contributed by atoms with Gasteiger partial charge in [0.05, 0.1) is 12.7 Å². The minimum absolute atomic E-state index is 0.0692. The first kappa shape index (κ1) is 31.6. The van der Waals surface area contributed by atoms with Gasteiger partial charge in [-0.1, -0.05) is 6.58 Å². The number of carbonyl (C=O) groups excluding carboxylic acids is 3. The number of halogens is 10. The second-order valence-electron chi connectivity index (χ2n) is 8.69. The molecule has 0 spiro atoms. The summed E-state index contributed by atoms with van der Waals surface area (Å²) in [5.41, 5.74) is 0.0692. The van der Waals surface area contributed by atoms with Crippen LogP contribution in [0, 0.1) is 5.92 Å². The van der Waals surface area contributed by atoms with Gasteiger partial charge in [-0.05, 0) is 32.6 Å². The van der Waals surface area contributed by atoms with E-state index < -0.39 is 85.5 Å². The standard InChI is InChI=1S/C21H22F10O7/c1-10(2)15(33)37-9-13(32)38-12-5-3-11(4-6-12)35-7-8-36-16(34)14-17(22,23)19(26,27)21(30,31)20(28,29)18(14,24)25/h11-12,14H,1,3-9H2,2H3. The minimum Gasteiger partial charge on any atom is -0.463 e. The van der Waals surface area contributed by atoms with Crippen molar-refractivity contribution in [2.45, 2.75) is 74.4 Å². The average molecular weight is 576 g/mol. The molecule has 0 aromatic rings. The SMILES string of the molecule is C=C(C)C(=O)OCC(=O)OC1CCC(OCCOC(=O)C2C(F)(F)C(F)(F)C(F)(F)C(F)(F)C2(F)F)CC1. The zero-order valence-corrected chi connectivity index (χ0v) is 19.5. The maximum atomic E-state index is 13.8. The molecule has 0 N–H and O–H groups in total. The maximum Gasteiger partial charge on any atom is 0.384 e. The van der Waals surface area contributed by atoms with Crippen molar-refractivity contribution in [3.63, 3.8) is 0 Å². The first-order valence-electron chi connectivity index (χ1n) is 10.9. The summed E-state index contributed by atoms with van der Waals surface area (Å²) in [5.74, 6) is -43.8. The molecular weight excluding hydrogens is 554 g/mol. The first-order valence-corrected chi connectivity index (χ1v) is 10.9. The van der Waals surface area contributed by atoms with E-state index in [9.17, 15) is 58.3 Å². The minimum atomic E-state index is -7.17. The average Bonchev–Trinajstić information content (AvgIpc) is 2.79. The van der Waals surface area contributed by atoms with Crippen molar-refractivity contribution in [2.75, 3.05) is 19.8 Å². The third-order valence-corrected chi connectivity index (χ3v) is 5.86. The van der Waals surface area contributed by atoms with Crippen molar-refractivity contribution in [3.05, 3.63) is 12.2 Å². The van der Waals surface area contributed by atoms with Crippen LogP contribution in [0.2, 0.25) is 0 Å². The summed E-state index contributed by atoms with van der Waals surface area (Å²) in [6.07, 6.45) is -0.253. The van der Waals surface area contributed by atoms with Crippen LogP contribution in [0.5, 0.6) is 0 Å². The molecule has 0 saturated heterocycles. The maximum absolute atomic E-state index is 13.8. The van der Waals surface area contributed by atoms with Gasteiger partial charge in [0, 0.05) is 5.57 Å². The quantitative estimate of drug-likeness (QED) is 0.133. The second kappa shape index (κ2) is 10.9.